The number of nitrogens with zero attached hydrogens (tertiary/aromatic N) is 1. The normalized spacial score (nSPS) is 20.0. The van der Waals surface area contributed by atoms with Crippen LogP contribution in [0.15, 0.2) is 59.5 Å². The van der Waals surface area contributed by atoms with Gasteiger partial charge in [-0.3, -0.25) is 0 Å². The van der Waals surface area contributed by atoms with Gasteiger partial charge in [0.15, 0.2) is 0 Å². The van der Waals surface area contributed by atoms with Crippen LogP contribution in [0, 0.1) is 0 Å². The molecule has 0 aliphatic carbocycles. The van der Waals surface area contributed by atoms with Crippen molar-refractivity contribution in [2.75, 3.05) is 19.6 Å². The first-order valence-electron chi connectivity index (χ1n) is 7.47. The van der Waals surface area contributed by atoms with E-state index in [-0.39, 0.29) is 6.04 Å². The first kappa shape index (κ1) is 15.2. The van der Waals surface area contributed by atoms with Crippen LogP contribution in [0.2, 0.25) is 0 Å². The van der Waals surface area contributed by atoms with Crippen LogP contribution in [0.3, 0.4) is 0 Å². The van der Waals surface area contributed by atoms with Crippen molar-refractivity contribution in [3.8, 4) is 11.1 Å². The van der Waals surface area contributed by atoms with Gasteiger partial charge in [-0.15, -0.1) is 0 Å². The molecule has 5 heteroatoms. The maximum atomic E-state index is 12.9. The van der Waals surface area contributed by atoms with Crippen LogP contribution in [-0.2, 0) is 10.0 Å². The van der Waals surface area contributed by atoms with E-state index in [9.17, 15) is 8.42 Å². The molecule has 2 aromatic carbocycles. The minimum Gasteiger partial charge on any atom is -0.314 e. The Bertz CT molecular complexity index is 744. The van der Waals surface area contributed by atoms with Gasteiger partial charge in [0.05, 0.1) is 4.90 Å². The highest BCUT2D eigenvalue weighted by Gasteiger charge is 2.30. The van der Waals surface area contributed by atoms with Gasteiger partial charge in [-0.1, -0.05) is 42.5 Å². The van der Waals surface area contributed by atoms with Gasteiger partial charge in [0.2, 0.25) is 10.0 Å². The highest BCUT2D eigenvalue weighted by Crippen LogP contribution is 2.25. The summed E-state index contributed by atoms with van der Waals surface area (Å²) in [6, 6.07) is 17.0. The van der Waals surface area contributed by atoms with Crippen molar-refractivity contribution in [1.29, 1.82) is 0 Å². The summed E-state index contributed by atoms with van der Waals surface area (Å²) in [5, 5.41) is 3.22. The standard InChI is InChI=1S/C17H20N2O2S/c1-14-13-18-10-11-19(14)22(20,21)17-9-5-8-16(12-17)15-6-3-2-4-7-15/h2-9,12,14,18H,10-11,13H2,1H3. The summed E-state index contributed by atoms with van der Waals surface area (Å²) in [5.41, 5.74) is 1.94. The number of sulfonamides is 1. The summed E-state index contributed by atoms with van der Waals surface area (Å²) < 4.78 is 27.3. The lowest BCUT2D eigenvalue weighted by Crippen LogP contribution is -2.52. The quantitative estimate of drug-likeness (QED) is 0.945. The third-order valence-electron chi connectivity index (χ3n) is 3.99. The average molecular weight is 316 g/mol. The van der Waals surface area contributed by atoms with E-state index in [2.05, 4.69) is 5.32 Å². The minimum atomic E-state index is -3.45. The molecule has 1 atom stereocenters. The minimum absolute atomic E-state index is 0.0286. The number of hydrogen-bond acceptors (Lipinski definition) is 3. The van der Waals surface area contributed by atoms with Gasteiger partial charge in [-0.2, -0.15) is 4.31 Å². The molecule has 0 spiro atoms. The van der Waals surface area contributed by atoms with Crippen molar-refractivity contribution in [3.05, 3.63) is 54.6 Å². The fraction of sp³-hybridized carbons (Fsp3) is 0.294. The third-order valence-corrected chi connectivity index (χ3v) is 6.00. The molecule has 116 valence electrons. The predicted octanol–water partition coefficient (Wildman–Crippen LogP) is 2.34. The number of piperazine rings is 1. The van der Waals surface area contributed by atoms with Crippen LogP contribution < -0.4 is 5.32 Å². The van der Waals surface area contributed by atoms with Gasteiger partial charge >= 0.3 is 0 Å². The zero-order valence-corrected chi connectivity index (χ0v) is 13.4. The topological polar surface area (TPSA) is 49.4 Å². The van der Waals surface area contributed by atoms with Gasteiger partial charge in [0.25, 0.3) is 0 Å². The third kappa shape index (κ3) is 2.92. The van der Waals surface area contributed by atoms with Gasteiger partial charge < -0.3 is 5.32 Å². The van der Waals surface area contributed by atoms with Crippen molar-refractivity contribution in [2.45, 2.75) is 17.9 Å². The molecule has 3 rings (SSSR count). The van der Waals surface area contributed by atoms with Gasteiger partial charge in [0.1, 0.15) is 0 Å². The molecule has 2 aromatic rings. The van der Waals surface area contributed by atoms with Gasteiger partial charge in [-0.25, -0.2) is 8.42 Å². The molecule has 1 heterocycles. The summed E-state index contributed by atoms with van der Waals surface area (Å²) in [7, 11) is -3.45. The molecule has 22 heavy (non-hydrogen) atoms. The molecule has 1 saturated heterocycles. The molecule has 0 aromatic heterocycles. The maximum Gasteiger partial charge on any atom is 0.243 e. The van der Waals surface area contributed by atoms with Gasteiger partial charge in [-0.05, 0) is 30.2 Å². The average Bonchev–Trinajstić information content (AvgIpc) is 2.56. The Morgan fingerprint density at radius 1 is 1.05 bits per heavy atom. The zero-order chi connectivity index (χ0) is 15.6. The molecular formula is C17H20N2O2S. The number of nitrogens with one attached hydrogen (secondary N) is 1. The smallest absolute Gasteiger partial charge is 0.243 e. The highest BCUT2D eigenvalue weighted by atomic mass is 32.2. The lowest BCUT2D eigenvalue weighted by atomic mass is 10.1. The molecule has 1 aliphatic rings. The molecule has 0 radical (unpaired) electrons. The molecule has 0 bridgehead atoms. The Labute approximate surface area is 131 Å². The van der Waals surface area contributed by atoms with Gasteiger partial charge in [0, 0.05) is 25.7 Å². The second-order valence-electron chi connectivity index (χ2n) is 5.56. The van der Waals surface area contributed by atoms with Crippen molar-refractivity contribution in [3.63, 3.8) is 0 Å². The molecular weight excluding hydrogens is 296 g/mol. The Morgan fingerprint density at radius 2 is 1.77 bits per heavy atom. The molecule has 0 amide bonds. The van der Waals surface area contributed by atoms with Crippen LogP contribution in [-0.4, -0.2) is 38.4 Å². The summed E-state index contributed by atoms with van der Waals surface area (Å²) in [6.07, 6.45) is 0. The monoisotopic (exact) mass is 316 g/mol. The first-order chi connectivity index (χ1) is 10.6. The summed E-state index contributed by atoms with van der Waals surface area (Å²) in [5.74, 6) is 0. The zero-order valence-electron chi connectivity index (χ0n) is 12.6. The summed E-state index contributed by atoms with van der Waals surface area (Å²) >= 11 is 0. The molecule has 1 aliphatic heterocycles. The SMILES string of the molecule is CC1CNCCN1S(=O)(=O)c1cccc(-c2ccccc2)c1. The second-order valence-corrected chi connectivity index (χ2v) is 7.45. The van der Waals surface area contributed by atoms with Crippen molar-refractivity contribution in [1.82, 2.24) is 9.62 Å². The lowest BCUT2D eigenvalue weighted by Gasteiger charge is -2.32. The van der Waals surface area contributed by atoms with Crippen molar-refractivity contribution < 1.29 is 8.42 Å². The van der Waals surface area contributed by atoms with E-state index in [0.717, 1.165) is 11.1 Å². The van der Waals surface area contributed by atoms with Crippen LogP contribution in [0.25, 0.3) is 11.1 Å². The van der Waals surface area contributed by atoms with E-state index in [0.29, 0.717) is 24.5 Å². The van der Waals surface area contributed by atoms with Crippen LogP contribution in [0.1, 0.15) is 6.92 Å². The Balaban J connectivity index is 1.98. The van der Waals surface area contributed by atoms with Crippen LogP contribution in [0.4, 0.5) is 0 Å². The molecule has 1 fully saturated rings. The van der Waals surface area contributed by atoms with E-state index >= 15 is 0 Å². The van der Waals surface area contributed by atoms with E-state index < -0.39 is 10.0 Å². The van der Waals surface area contributed by atoms with Crippen LogP contribution >= 0.6 is 0 Å². The summed E-state index contributed by atoms with van der Waals surface area (Å²) in [6.45, 7) is 3.84. The highest BCUT2D eigenvalue weighted by molar-refractivity contribution is 7.89. The van der Waals surface area contributed by atoms with E-state index in [4.69, 9.17) is 0 Å². The molecule has 4 nitrogen and oxygen atoms in total. The summed E-state index contributed by atoms with van der Waals surface area (Å²) in [4.78, 5) is 0.364. The first-order valence-corrected chi connectivity index (χ1v) is 8.91. The molecule has 0 saturated carbocycles. The van der Waals surface area contributed by atoms with E-state index in [1.165, 1.54) is 0 Å². The predicted molar refractivity (Wildman–Crippen MR) is 88.1 cm³/mol. The fourth-order valence-corrected chi connectivity index (χ4v) is 4.46. The largest absolute Gasteiger partial charge is 0.314 e. The van der Waals surface area contributed by atoms with Crippen LogP contribution in [0.5, 0.6) is 0 Å². The van der Waals surface area contributed by atoms with E-state index in [1.54, 1.807) is 16.4 Å². The number of hydrogen-bond donors (Lipinski definition) is 1. The fourth-order valence-electron chi connectivity index (χ4n) is 2.78. The second kappa shape index (κ2) is 6.20. The van der Waals surface area contributed by atoms with Crippen molar-refractivity contribution in [2.24, 2.45) is 0 Å². The Morgan fingerprint density at radius 3 is 2.50 bits per heavy atom. The Hall–Kier alpha value is -1.69. The lowest BCUT2D eigenvalue weighted by molar-refractivity contribution is 0.284. The molecule has 1 unspecified atom stereocenters. The van der Waals surface area contributed by atoms with Crippen molar-refractivity contribution >= 4 is 10.0 Å². The van der Waals surface area contributed by atoms with E-state index in [1.807, 2.05) is 49.4 Å². The number of benzene rings is 2. The maximum absolute atomic E-state index is 12.9. The number of rotatable bonds is 3. The Kier molecular flexibility index (Phi) is 4.29. The molecule has 1 N–H and O–H groups in total.